The third-order valence-electron chi connectivity index (χ3n) is 7.59. The Hall–Kier alpha value is -2.58. The number of hydrogen-bond donors (Lipinski definition) is 1. The molecule has 0 spiro atoms. The molecule has 0 bridgehead atoms. The molecule has 2 aromatic rings. The molecule has 5 rings (SSSR count). The van der Waals surface area contributed by atoms with Gasteiger partial charge in [0.1, 0.15) is 5.82 Å². The molecule has 3 aliphatic rings. The van der Waals surface area contributed by atoms with Crippen molar-refractivity contribution in [2.75, 3.05) is 38.7 Å². The van der Waals surface area contributed by atoms with Gasteiger partial charge < -0.3 is 19.9 Å². The molecular weight excluding hydrogens is 433 g/mol. The maximum atomic E-state index is 13.9. The number of aromatic nitrogens is 2. The van der Waals surface area contributed by atoms with Gasteiger partial charge in [-0.15, -0.1) is 0 Å². The predicted octanol–water partition coefficient (Wildman–Crippen LogP) is 3.22. The third kappa shape index (κ3) is 4.93. The van der Waals surface area contributed by atoms with Gasteiger partial charge in [-0.2, -0.15) is 0 Å². The predicted molar refractivity (Wildman–Crippen MR) is 128 cm³/mol. The summed E-state index contributed by atoms with van der Waals surface area (Å²) in [6.45, 7) is 5.80. The van der Waals surface area contributed by atoms with Gasteiger partial charge in [-0.1, -0.05) is 12.1 Å². The van der Waals surface area contributed by atoms with Gasteiger partial charge in [0, 0.05) is 49.9 Å². The van der Waals surface area contributed by atoms with E-state index >= 15 is 0 Å². The number of benzene rings is 1. The van der Waals surface area contributed by atoms with E-state index in [0.29, 0.717) is 18.5 Å². The zero-order valence-corrected chi connectivity index (χ0v) is 20.0. The lowest BCUT2D eigenvalue weighted by Crippen LogP contribution is -2.50. The molecule has 0 radical (unpaired) electrons. The van der Waals surface area contributed by atoms with Gasteiger partial charge in [0.2, 0.25) is 11.9 Å². The summed E-state index contributed by atoms with van der Waals surface area (Å²) < 4.78 is 19.0. The number of anilines is 1. The number of likely N-dealkylation sites (N-methyl/N-ethyl adjacent to an activating group) is 1. The quantitative estimate of drug-likeness (QED) is 0.745. The van der Waals surface area contributed by atoms with Crippen LogP contribution in [0.15, 0.2) is 30.5 Å². The van der Waals surface area contributed by atoms with Crippen LogP contribution in [0.2, 0.25) is 0 Å². The van der Waals surface area contributed by atoms with Crippen molar-refractivity contribution in [3.63, 3.8) is 0 Å². The number of hydrogen-bond acceptors (Lipinski definition) is 6. The first-order chi connectivity index (χ1) is 16.5. The Bertz CT molecular complexity index is 1010. The second kappa shape index (κ2) is 9.96. The summed E-state index contributed by atoms with van der Waals surface area (Å²) in [5.74, 6) is 0.500. The fraction of sp³-hybridized carbons (Fsp3) is 0.577. The Balaban J connectivity index is 1.34. The number of rotatable bonds is 4. The van der Waals surface area contributed by atoms with Crippen LogP contribution < -0.4 is 5.32 Å². The fourth-order valence-electron chi connectivity index (χ4n) is 5.56. The highest BCUT2D eigenvalue weighted by Gasteiger charge is 2.39. The van der Waals surface area contributed by atoms with Crippen molar-refractivity contribution in [3.05, 3.63) is 53.1 Å². The average Bonchev–Trinajstić information content (AvgIpc) is 2.84. The second-order valence-corrected chi connectivity index (χ2v) is 10.0. The summed E-state index contributed by atoms with van der Waals surface area (Å²) in [5, 5.41) is 3.45. The molecule has 2 fully saturated rings. The number of likely N-dealkylation sites (tertiary alicyclic amines) is 1. The molecular formula is C26H34FN5O2. The smallest absolute Gasteiger partial charge is 0.227 e. The number of carbonyl (C=O) groups excluding carboxylic acids is 1. The first kappa shape index (κ1) is 23.2. The fourth-order valence-corrected chi connectivity index (χ4v) is 5.56. The summed E-state index contributed by atoms with van der Waals surface area (Å²) in [6.07, 6.45) is 5.37. The Morgan fingerprint density at radius 1 is 1.18 bits per heavy atom. The van der Waals surface area contributed by atoms with Crippen molar-refractivity contribution in [2.45, 2.75) is 57.2 Å². The summed E-state index contributed by atoms with van der Waals surface area (Å²) in [4.78, 5) is 27.5. The van der Waals surface area contributed by atoms with Crippen molar-refractivity contribution < 1.29 is 13.9 Å². The van der Waals surface area contributed by atoms with E-state index in [1.807, 2.05) is 23.2 Å². The van der Waals surface area contributed by atoms with Crippen molar-refractivity contribution in [1.29, 1.82) is 0 Å². The topological polar surface area (TPSA) is 70.6 Å². The summed E-state index contributed by atoms with van der Waals surface area (Å²) in [6, 6.07) is 7.06. The Morgan fingerprint density at radius 3 is 2.71 bits per heavy atom. The van der Waals surface area contributed by atoms with Crippen LogP contribution in [-0.4, -0.2) is 71.1 Å². The maximum absolute atomic E-state index is 13.9. The zero-order valence-electron chi connectivity index (χ0n) is 20.0. The summed E-state index contributed by atoms with van der Waals surface area (Å²) in [5.41, 5.74) is 3.08. The molecule has 1 aromatic heterocycles. The van der Waals surface area contributed by atoms with E-state index in [1.54, 1.807) is 0 Å². The number of halogens is 1. The minimum atomic E-state index is -0.248. The molecule has 8 heteroatoms. The second-order valence-electron chi connectivity index (χ2n) is 10.0. The van der Waals surface area contributed by atoms with Gasteiger partial charge >= 0.3 is 0 Å². The van der Waals surface area contributed by atoms with E-state index in [1.165, 1.54) is 12.1 Å². The molecule has 2 saturated heterocycles. The van der Waals surface area contributed by atoms with E-state index in [-0.39, 0.29) is 29.6 Å². The van der Waals surface area contributed by atoms with E-state index in [9.17, 15) is 9.18 Å². The van der Waals surface area contributed by atoms with Gasteiger partial charge in [0.25, 0.3) is 0 Å². The van der Waals surface area contributed by atoms with Crippen LogP contribution in [0.5, 0.6) is 0 Å². The minimum absolute atomic E-state index is 0.0524. The lowest BCUT2D eigenvalue weighted by Gasteiger charge is -2.42. The number of piperidine rings is 1. The number of ether oxygens (including phenoxy) is 1. The van der Waals surface area contributed by atoms with Gasteiger partial charge in [0.05, 0.1) is 12.2 Å². The molecule has 182 valence electrons. The number of fused-ring (bicyclic) bond motifs is 1. The highest BCUT2D eigenvalue weighted by atomic mass is 19.1. The van der Waals surface area contributed by atoms with Crippen molar-refractivity contribution in [1.82, 2.24) is 19.8 Å². The van der Waals surface area contributed by atoms with Crippen LogP contribution in [0.25, 0.3) is 0 Å². The highest BCUT2D eigenvalue weighted by Crippen LogP contribution is 2.35. The zero-order chi connectivity index (χ0) is 23.7. The van der Waals surface area contributed by atoms with Crippen LogP contribution in [-0.2, 0) is 22.5 Å². The van der Waals surface area contributed by atoms with Crippen molar-refractivity contribution in [2.24, 2.45) is 5.92 Å². The Morgan fingerprint density at radius 2 is 1.94 bits per heavy atom. The number of nitrogens with zero attached hydrogens (tertiary/aromatic N) is 4. The number of nitrogens with one attached hydrogen (secondary N) is 1. The highest BCUT2D eigenvalue weighted by molar-refractivity contribution is 5.80. The monoisotopic (exact) mass is 467 g/mol. The van der Waals surface area contributed by atoms with E-state index in [2.05, 4.69) is 29.2 Å². The molecule has 3 aliphatic heterocycles. The molecule has 0 aliphatic carbocycles. The first-order valence-electron chi connectivity index (χ1n) is 12.4. The van der Waals surface area contributed by atoms with Crippen LogP contribution in [0.1, 0.15) is 48.9 Å². The van der Waals surface area contributed by atoms with Crippen LogP contribution in [0, 0.1) is 11.7 Å². The van der Waals surface area contributed by atoms with E-state index in [4.69, 9.17) is 9.72 Å². The summed E-state index contributed by atoms with van der Waals surface area (Å²) >= 11 is 0. The van der Waals surface area contributed by atoms with Gasteiger partial charge in [0.15, 0.2) is 0 Å². The number of amides is 1. The van der Waals surface area contributed by atoms with Crippen LogP contribution >= 0.6 is 0 Å². The average molecular weight is 468 g/mol. The van der Waals surface area contributed by atoms with E-state index < -0.39 is 0 Å². The third-order valence-corrected chi connectivity index (χ3v) is 7.59. The molecule has 1 amide bonds. The molecule has 3 atom stereocenters. The molecule has 1 aromatic carbocycles. The summed E-state index contributed by atoms with van der Waals surface area (Å²) in [7, 11) is 2.08. The maximum Gasteiger partial charge on any atom is 0.227 e. The first-order valence-corrected chi connectivity index (χ1v) is 12.4. The molecule has 34 heavy (non-hydrogen) atoms. The lowest BCUT2D eigenvalue weighted by molar-refractivity contribution is -0.141. The Kier molecular flexibility index (Phi) is 6.79. The van der Waals surface area contributed by atoms with Gasteiger partial charge in [-0.05, 0) is 69.5 Å². The van der Waals surface area contributed by atoms with Crippen LogP contribution in [0.4, 0.5) is 10.3 Å². The van der Waals surface area contributed by atoms with Crippen molar-refractivity contribution >= 4 is 11.9 Å². The lowest BCUT2D eigenvalue weighted by atomic mass is 9.79. The van der Waals surface area contributed by atoms with Gasteiger partial charge in [-0.25, -0.2) is 14.4 Å². The number of carbonyl (C=O) groups is 1. The van der Waals surface area contributed by atoms with Crippen LogP contribution in [0.3, 0.4) is 0 Å². The standard InChI is InChI=1S/C26H34FN5O2/c1-17-13-19-14-28-26(29-21-8-11-34-12-9-21)30-24(19)16-32(17)25(33)22-7-10-31(2)15-23(22)18-3-5-20(27)6-4-18/h3-6,14,17,21-23H,7-13,15-16H2,1-2H3,(H,28,29,30)/t17-,22-,23+/m1/s1. The molecule has 1 N–H and O–H groups in total. The SMILES string of the molecule is C[C@@H]1Cc2cnc(NC3CCOCC3)nc2CN1C(=O)[C@@H]1CCN(C)C[C@H]1c1ccc(F)cc1. The van der Waals surface area contributed by atoms with Crippen molar-refractivity contribution in [3.8, 4) is 0 Å². The largest absolute Gasteiger partial charge is 0.381 e. The normalized spacial score (nSPS) is 26.2. The molecule has 0 saturated carbocycles. The molecule has 0 unspecified atom stereocenters. The Labute approximate surface area is 200 Å². The van der Waals surface area contributed by atoms with E-state index in [0.717, 1.165) is 68.8 Å². The molecule has 4 heterocycles. The van der Waals surface area contributed by atoms with Gasteiger partial charge in [-0.3, -0.25) is 4.79 Å². The molecule has 7 nitrogen and oxygen atoms in total. The minimum Gasteiger partial charge on any atom is -0.381 e.